The van der Waals surface area contributed by atoms with E-state index < -0.39 is 34.0 Å². The second-order valence-electron chi connectivity index (χ2n) is 8.78. The molecular formula is C22H28F3N5O7S. The summed E-state index contributed by atoms with van der Waals surface area (Å²) in [6.07, 6.45) is -5.70. The summed E-state index contributed by atoms with van der Waals surface area (Å²) < 4.78 is 84.8. The highest BCUT2D eigenvalue weighted by atomic mass is 32.2. The zero-order valence-electron chi connectivity index (χ0n) is 21.2. The summed E-state index contributed by atoms with van der Waals surface area (Å²) in [6.45, 7) is 4.55. The number of benzene rings is 1. The average Bonchev–Trinajstić information content (AvgIpc) is 3.25. The van der Waals surface area contributed by atoms with Crippen LogP contribution in [0.2, 0.25) is 0 Å². The zero-order valence-corrected chi connectivity index (χ0v) is 22.1. The van der Waals surface area contributed by atoms with E-state index in [9.17, 15) is 31.2 Å². The molecule has 0 spiro atoms. The lowest BCUT2D eigenvalue weighted by molar-refractivity contribution is -0.242. The Morgan fingerprint density at radius 1 is 1.26 bits per heavy atom. The molecule has 16 heteroatoms. The molecule has 1 aromatic carbocycles. The summed E-state index contributed by atoms with van der Waals surface area (Å²) >= 11 is 0. The van der Waals surface area contributed by atoms with E-state index in [-0.39, 0.29) is 46.9 Å². The minimum absolute atomic E-state index is 0.00893. The van der Waals surface area contributed by atoms with Gasteiger partial charge in [-0.1, -0.05) is 0 Å². The molecule has 2 aromatic rings. The van der Waals surface area contributed by atoms with E-state index in [4.69, 9.17) is 9.47 Å². The summed E-state index contributed by atoms with van der Waals surface area (Å²) in [4.78, 5) is 23.4. The first-order valence-corrected chi connectivity index (χ1v) is 12.8. The van der Waals surface area contributed by atoms with Crippen LogP contribution in [-0.2, 0) is 26.1 Å². The predicted molar refractivity (Wildman–Crippen MR) is 129 cm³/mol. The minimum atomic E-state index is -4.82. The number of methoxy groups -OCH3 is 1. The number of hydrogen-bond acceptors (Lipinski definition) is 8. The van der Waals surface area contributed by atoms with E-state index in [0.29, 0.717) is 20.4 Å². The molecule has 1 aliphatic heterocycles. The summed E-state index contributed by atoms with van der Waals surface area (Å²) in [5.41, 5.74) is -2.83. The third-order valence-corrected chi connectivity index (χ3v) is 7.29. The van der Waals surface area contributed by atoms with Crippen LogP contribution in [0.4, 0.5) is 29.3 Å². The molecule has 1 aromatic heterocycles. The first-order valence-electron chi connectivity index (χ1n) is 11.3. The molecule has 0 saturated heterocycles. The van der Waals surface area contributed by atoms with Crippen molar-refractivity contribution in [2.75, 3.05) is 29.8 Å². The number of aryl methyl sites for hydroxylation is 1. The van der Waals surface area contributed by atoms with Gasteiger partial charge in [0.25, 0.3) is 15.9 Å². The van der Waals surface area contributed by atoms with Crippen LogP contribution in [0.15, 0.2) is 29.3 Å². The molecule has 0 bridgehead atoms. The summed E-state index contributed by atoms with van der Waals surface area (Å²) in [6, 6.07) is 3.87. The van der Waals surface area contributed by atoms with Crippen LogP contribution in [0.3, 0.4) is 0 Å². The lowest BCUT2D eigenvalue weighted by Crippen LogP contribution is -2.48. The highest BCUT2D eigenvalue weighted by molar-refractivity contribution is 7.93. The molecule has 12 nitrogen and oxygen atoms in total. The van der Waals surface area contributed by atoms with Gasteiger partial charge in [0.1, 0.15) is 11.9 Å². The van der Waals surface area contributed by atoms with Gasteiger partial charge in [0.2, 0.25) is 11.5 Å². The molecule has 0 radical (unpaired) electrons. The van der Waals surface area contributed by atoms with Gasteiger partial charge in [-0.25, -0.2) is 13.2 Å². The van der Waals surface area contributed by atoms with Gasteiger partial charge in [-0.3, -0.25) is 19.1 Å². The highest BCUT2D eigenvalue weighted by Crippen LogP contribution is 2.40. The van der Waals surface area contributed by atoms with Crippen LogP contribution in [0.5, 0.6) is 11.6 Å². The summed E-state index contributed by atoms with van der Waals surface area (Å²) in [5.74, 6) is -0.406. The second kappa shape index (κ2) is 10.6. The fourth-order valence-corrected chi connectivity index (χ4v) is 5.00. The van der Waals surface area contributed by atoms with Gasteiger partial charge in [0, 0.05) is 25.4 Å². The maximum absolute atomic E-state index is 13.8. The number of hydrogen-bond donors (Lipinski definition) is 2. The molecule has 1 atom stereocenters. The van der Waals surface area contributed by atoms with Crippen molar-refractivity contribution in [2.45, 2.75) is 57.0 Å². The van der Waals surface area contributed by atoms with Crippen molar-refractivity contribution in [1.82, 2.24) is 15.1 Å². The van der Waals surface area contributed by atoms with E-state index in [1.165, 1.54) is 43.1 Å². The Morgan fingerprint density at radius 3 is 2.53 bits per heavy atom. The van der Waals surface area contributed by atoms with Crippen LogP contribution in [-0.4, -0.2) is 68.3 Å². The first kappa shape index (κ1) is 28.9. The molecule has 0 aliphatic carbocycles. The van der Waals surface area contributed by atoms with Crippen molar-refractivity contribution in [3.8, 4) is 11.6 Å². The number of aromatic nitrogens is 2. The third-order valence-electron chi connectivity index (χ3n) is 5.53. The molecular weight excluding hydrogens is 535 g/mol. The second-order valence-corrected chi connectivity index (χ2v) is 10.6. The van der Waals surface area contributed by atoms with Crippen molar-refractivity contribution >= 4 is 33.4 Å². The van der Waals surface area contributed by atoms with Gasteiger partial charge in [0.05, 0.1) is 25.9 Å². The van der Waals surface area contributed by atoms with Gasteiger partial charge < -0.3 is 19.5 Å². The number of anilines is 2. The Bertz CT molecular complexity index is 1310. The summed E-state index contributed by atoms with van der Waals surface area (Å²) in [5, 5.41) is 8.84. The largest absolute Gasteiger partial charge is 0.484 e. The SMILES string of the molecule is CCn1cc(S(=O)(=O)N2CC(CNC(C)=O)Oc3ccc(NC(=O)OC(C)(C)C(F)(F)F)cc32)c(OC)n1. The van der Waals surface area contributed by atoms with Crippen molar-refractivity contribution < 1.29 is 45.4 Å². The Hall–Kier alpha value is -3.69. The summed E-state index contributed by atoms with van der Waals surface area (Å²) in [7, 11) is -3.06. The Labute approximate surface area is 217 Å². The number of nitrogens with zero attached hydrogens (tertiary/aromatic N) is 3. The van der Waals surface area contributed by atoms with Gasteiger partial charge in [0.15, 0.2) is 4.90 Å². The third kappa shape index (κ3) is 6.06. The molecule has 210 valence electrons. The Balaban J connectivity index is 2.00. The lowest BCUT2D eigenvalue weighted by Gasteiger charge is -2.35. The number of alkyl halides is 3. The van der Waals surface area contributed by atoms with Crippen molar-refractivity contribution in [3.05, 3.63) is 24.4 Å². The zero-order chi connectivity index (χ0) is 28.5. The van der Waals surface area contributed by atoms with Crippen molar-refractivity contribution in [3.63, 3.8) is 0 Å². The predicted octanol–water partition coefficient (Wildman–Crippen LogP) is 2.89. The minimum Gasteiger partial charge on any atom is -0.484 e. The van der Waals surface area contributed by atoms with Crippen molar-refractivity contribution in [2.24, 2.45) is 0 Å². The van der Waals surface area contributed by atoms with Crippen LogP contribution in [0, 0.1) is 0 Å². The lowest BCUT2D eigenvalue weighted by atomic mass is 10.1. The van der Waals surface area contributed by atoms with E-state index in [1.807, 2.05) is 0 Å². The fourth-order valence-electron chi connectivity index (χ4n) is 3.40. The van der Waals surface area contributed by atoms with Crippen LogP contribution in [0.25, 0.3) is 0 Å². The molecule has 0 saturated carbocycles. The number of halogens is 3. The normalized spacial score (nSPS) is 15.8. The van der Waals surface area contributed by atoms with E-state index in [0.717, 1.165) is 4.31 Å². The number of amides is 2. The van der Waals surface area contributed by atoms with Crippen LogP contribution >= 0.6 is 0 Å². The monoisotopic (exact) mass is 563 g/mol. The molecule has 2 N–H and O–H groups in total. The molecule has 0 fully saturated rings. The van der Waals surface area contributed by atoms with Gasteiger partial charge in [-0.2, -0.15) is 13.2 Å². The van der Waals surface area contributed by atoms with E-state index in [1.54, 1.807) is 6.92 Å². The van der Waals surface area contributed by atoms with Gasteiger partial charge in [-0.15, -0.1) is 5.10 Å². The molecule has 1 aliphatic rings. The molecule has 38 heavy (non-hydrogen) atoms. The average molecular weight is 564 g/mol. The number of carbonyl (C=O) groups excluding carboxylic acids is 2. The molecule has 2 heterocycles. The quantitative estimate of drug-likeness (QED) is 0.500. The molecule has 1 unspecified atom stereocenters. The van der Waals surface area contributed by atoms with E-state index in [2.05, 4.69) is 20.5 Å². The van der Waals surface area contributed by atoms with Gasteiger partial charge >= 0.3 is 12.3 Å². The first-order chi connectivity index (χ1) is 17.6. The standard InChI is InChI=1S/C22H28F3N5O7S/c1-6-29-12-18(19(28-29)35-5)38(33,34)30-11-15(10-26-13(2)31)36-17-8-7-14(9-16(17)30)27-20(32)37-21(3,4)22(23,24)25/h7-9,12,15H,6,10-11H2,1-5H3,(H,26,31)(H,27,32). The van der Waals surface area contributed by atoms with E-state index >= 15 is 0 Å². The van der Waals surface area contributed by atoms with Crippen molar-refractivity contribution in [1.29, 1.82) is 0 Å². The maximum Gasteiger partial charge on any atom is 0.427 e. The Morgan fingerprint density at radius 2 is 1.95 bits per heavy atom. The molecule has 3 rings (SSSR count). The molecule has 2 amide bonds. The number of carbonyl (C=O) groups is 2. The number of nitrogens with one attached hydrogen (secondary N) is 2. The Kier molecular flexibility index (Phi) is 8.04. The smallest absolute Gasteiger partial charge is 0.427 e. The van der Waals surface area contributed by atoms with Gasteiger partial charge in [-0.05, 0) is 39.0 Å². The number of rotatable bonds is 8. The highest BCUT2D eigenvalue weighted by Gasteiger charge is 2.51. The fraction of sp³-hybridized carbons (Fsp3) is 0.500. The van der Waals surface area contributed by atoms with Crippen LogP contribution in [0.1, 0.15) is 27.7 Å². The van der Waals surface area contributed by atoms with Crippen LogP contribution < -0.4 is 24.4 Å². The number of sulfonamides is 1. The topological polar surface area (TPSA) is 141 Å². The number of fused-ring (bicyclic) bond motifs is 1. The maximum atomic E-state index is 13.8. The number of ether oxygens (including phenoxy) is 3.